The quantitative estimate of drug-likeness (QED) is 0.790. The lowest BCUT2D eigenvalue weighted by molar-refractivity contribution is -0.0623. The lowest BCUT2D eigenvalue weighted by Gasteiger charge is -2.43. The van der Waals surface area contributed by atoms with Gasteiger partial charge in [0.15, 0.2) is 11.4 Å². The first-order chi connectivity index (χ1) is 12.1. The monoisotopic (exact) mass is 403 g/mol. The highest BCUT2D eigenvalue weighted by Crippen LogP contribution is 2.27. The molecule has 0 unspecified atom stereocenters. The van der Waals surface area contributed by atoms with E-state index in [1.807, 2.05) is 35.3 Å². The van der Waals surface area contributed by atoms with E-state index >= 15 is 0 Å². The Balaban J connectivity index is 1.73. The highest BCUT2D eigenvalue weighted by atomic mass is 79.9. The number of hydrogen-bond donors (Lipinski definition) is 0. The summed E-state index contributed by atoms with van der Waals surface area (Å²) >= 11 is 3.30. The average molecular weight is 404 g/mol. The molecule has 1 fully saturated rings. The summed E-state index contributed by atoms with van der Waals surface area (Å²) in [5.41, 5.74) is 0.992. The third-order valence-corrected chi connectivity index (χ3v) is 5.12. The zero-order valence-electron chi connectivity index (χ0n) is 13.7. The molecule has 0 saturated carbocycles. The van der Waals surface area contributed by atoms with Gasteiger partial charge in [0.25, 0.3) is 5.91 Å². The van der Waals surface area contributed by atoms with E-state index in [2.05, 4.69) is 15.9 Å². The van der Waals surface area contributed by atoms with Crippen molar-refractivity contribution in [2.45, 2.75) is 26.1 Å². The zero-order valence-corrected chi connectivity index (χ0v) is 15.2. The summed E-state index contributed by atoms with van der Waals surface area (Å²) in [6.07, 6.45) is 3.72. The predicted molar refractivity (Wildman–Crippen MR) is 96.2 cm³/mol. The lowest BCUT2D eigenvalue weighted by atomic mass is 10.2. The van der Waals surface area contributed by atoms with Gasteiger partial charge in [-0.1, -0.05) is 30.3 Å². The van der Waals surface area contributed by atoms with Crippen LogP contribution < -0.4 is 10.2 Å². The maximum Gasteiger partial charge on any atom is 0.288 e. The van der Waals surface area contributed by atoms with Crippen molar-refractivity contribution in [3.8, 4) is 5.75 Å². The highest BCUT2D eigenvalue weighted by Gasteiger charge is 2.35. The minimum absolute atomic E-state index is 0.119. The van der Waals surface area contributed by atoms with Crippen LogP contribution in [0.25, 0.3) is 0 Å². The smallest absolute Gasteiger partial charge is 0.288 e. The van der Waals surface area contributed by atoms with Crippen molar-refractivity contribution in [1.82, 2.24) is 14.6 Å². The number of nitrogens with zero attached hydrogens (tertiary/aromatic N) is 3. The van der Waals surface area contributed by atoms with Crippen LogP contribution in [0.1, 0.15) is 28.9 Å². The van der Waals surface area contributed by atoms with Gasteiger partial charge in [0, 0.05) is 19.3 Å². The first kappa shape index (κ1) is 16.4. The third-order valence-electron chi connectivity index (χ3n) is 4.55. The molecular formula is C18H18BrN3O3. The largest absolute Gasteiger partial charge is 0.483 e. The molecule has 0 bridgehead atoms. The molecule has 2 aliphatic heterocycles. The van der Waals surface area contributed by atoms with Gasteiger partial charge in [0.1, 0.15) is 6.61 Å². The summed E-state index contributed by atoms with van der Waals surface area (Å²) in [5, 5.41) is 3.76. The molecule has 130 valence electrons. The molecule has 0 atom stereocenters. The van der Waals surface area contributed by atoms with E-state index in [0.29, 0.717) is 23.4 Å². The molecule has 0 N–H and O–H groups in total. The Morgan fingerprint density at radius 1 is 1.08 bits per heavy atom. The molecule has 1 saturated heterocycles. The van der Waals surface area contributed by atoms with E-state index in [1.54, 1.807) is 15.8 Å². The molecule has 4 rings (SSSR count). The van der Waals surface area contributed by atoms with Crippen LogP contribution in [-0.4, -0.2) is 33.6 Å². The number of carbonyl (C=O) groups is 1. The van der Waals surface area contributed by atoms with Crippen LogP contribution in [0.15, 0.2) is 45.8 Å². The summed E-state index contributed by atoms with van der Waals surface area (Å²) in [6, 6.07) is 9.61. The molecule has 1 aromatic carbocycles. The van der Waals surface area contributed by atoms with Crippen molar-refractivity contribution in [2.75, 3.05) is 13.1 Å². The van der Waals surface area contributed by atoms with Crippen molar-refractivity contribution in [3.05, 3.63) is 62.5 Å². The molecule has 0 aliphatic carbocycles. The minimum atomic E-state index is -0.291. The number of carbonyl (C=O) groups excluding carboxylic acids is 1. The van der Waals surface area contributed by atoms with E-state index in [0.717, 1.165) is 24.9 Å². The summed E-state index contributed by atoms with van der Waals surface area (Å²) in [4.78, 5) is 25.6. The summed E-state index contributed by atoms with van der Waals surface area (Å²) in [7, 11) is 0. The molecule has 2 aliphatic rings. The minimum Gasteiger partial charge on any atom is -0.483 e. The van der Waals surface area contributed by atoms with Crippen molar-refractivity contribution in [2.24, 2.45) is 0 Å². The second-order valence-corrected chi connectivity index (χ2v) is 7.09. The van der Waals surface area contributed by atoms with Crippen molar-refractivity contribution < 1.29 is 9.53 Å². The Bertz CT molecular complexity index is 866. The van der Waals surface area contributed by atoms with Crippen LogP contribution in [0.5, 0.6) is 5.75 Å². The van der Waals surface area contributed by atoms with Gasteiger partial charge in [-0.15, -0.1) is 0 Å². The number of benzene rings is 1. The first-order valence-electron chi connectivity index (χ1n) is 8.31. The number of pyridine rings is 1. The number of aromatic nitrogens is 1. The lowest BCUT2D eigenvalue weighted by Crippen LogP contribution is -2.55. The fourth-order valence-corrected chi connectivity index (χ4v) is 3.72. The van der Waals surface area contributed by atoms with Crippen LogP contribution in [0, 0.1) is 0 Å². The Morgan fingerprint density at radius 3 is 2.64 bits per heavy atom. The Hall–Kier alpha value is -2.12. The summed E-state index contributed by atoms with van der Waals surface area (Å²) in [6.45, 7) is 2.31. The number of amides is 1. The normalized spacial score (nSPS) is 17.2. The molecule has 1 aromatic heterocycles. The second kappa shape index (κ2) is 6.65. The van der Waals surface area contributed by atoms with E-state index in [-0.39, 0.29) is 23.7 Å². The van der Waals surface area contributed by atoms with Gasteiger partial charge >= 0.3 is 0 Å². The van der Waals surface area contributed by atoms with Gasteiger partial charge in [-0.25, -0.2) is 0 Å². The van der Waals surface area contributed by atoms with Gasteiger partial charge in [0.2, 0.25) is 5.43 Å². The van der Waals surface area contributed by atoms with Gasteiger partial charge in [0.05, 0.1) is 11.1 Å². The fraction of sp³-hybridized carbons (Fsp3) is 0.333. The van der Waals surface area contributed by atoms with Crippen LogP contribution >= 0.6 is 15.9 Å². The van der Waals surface area contributed by atoms with Crippen LogP contribution in [0.2, 0.25) is 0 Å². The maximum absolute atomic E-state index is 13.0. The topological polar surface area (TPSA) is 54.8 Å². The van der Waals surface area contributed by atoms with Gasteiger partial charge in [-0.3, -0.25) is 14.6 Å². The van der Waals surface area contributed by atoms with Gasteiger partial charge < -0.3 is 9.30 Å². The zero-order chi connectivity index (χ0) is 17.4. The summed E-state index contributed by atoms with van der Waals surface area (Å²) < 4.78 is 8.02. The average Bonchev–Trinajstić information content (AvgIpc) is 2.63. The van der Waals surface area contributed by atoms with Crippen LogP contribution in [-0.2, 0) is 13.3 Å². The van der Waals surface area contributed by atoms with Crippen LogP contribution in [0.3, 0.4) is 0 Å². The molecule has 7 heteroatoms. The molecule has 1 amide bonds. The Morgan fingerprint density at radius 2 is 1.84 bits per heavy atom. The fourth-order valence-electron chi connectivity index (χ4n) is 3.29. The first-order valence-corrected chi connectivity index (χ1v) is 9.11. The maximum atomic E-state index is 13.0. The van der Waals surface area contributed by atoms with Crippen molar-refractivity contribution in [3.63, 3.8) is 0 Å². The molecule has 25 heavy (non-hydrogen) atoms. The number of rotatable bonds is 3. The summed E-state index contributed by atoms with van der Waals surface area (Å²) in [5.74, 6) is -0.0490. The molecule has 0 radical (unpaired) electrons. The third kappa shape index (κ3) is 2.98. The molecule has 2 aromatic rings. The predicted octanol–water partition coefficient (Wildman–Crippen LogP) is 2.61. The van der Waals surface area contributed by atoms with Gasteiger partial charge in [-0.2, -0.15) is 5.01 Å². The SMILES string of the molecule is O=C1c2c(OCc3ccccc3)c(=O)c(Br)cn2CN2CCCCN12. The van der Waals surface area contributed by atoms with Crippen LogP contribution in [0.4, 0.5) is 0 Å². The second-order valence-electron chi connectivity index (χ2n) is 6.23. The van der Waals surface area contributed by atoms with Gasteiger partial charge in [-0.05, 0) is 34.3 Å². The van der Waals surface area contributed by atoms with Crippen molar-refractivity contribution in [1.29, 1.82) is 0 Å². The Labute approximate surface area is 153 Å². The highest BCUT2D eigenvalue weighted by molar-refractivity contribution is 9.10. The van der Waals surface area contributed by atoms with Crippen molar-refractivity contribution >= 4 is 21.8 Å². The van der Waals surface area contributed by atoms with E-state index < -0.39 is 0 Å². The number of hydrogen-bond acceptors (Lipinski definition) is 4. The van der Waals surface area contributed by atoms with E-state index in [9.17, 15) is 9.59 Å². The number of halogens is 1. The molecular weight excluding hydrogens is 386 g/mol. The standard InChI is InChI=1S/C18H18BrN3O3/c19-14-10-20-12-21-8-4-5-9-22(21)18(24)15(20)17(16(14)23)25-11-13-6-2-1-3-7-13/h1-3,6-7,10H,4-5,8-9,11-12H2. The number of fused-ring (bicyclic) bond motifs is 2. The molecule has 0 spiro atoms. The number of ether oxygens (including phenoxy) is 1. The molecule has 3 heterocycles. The Kier molecular flexibility index (Phi) is 4.35. The van der Waals surface area contributed by atoms with E-state index in [4.69, 9.17) is 4.74 Å². The van der Waals surface area contributed by atoms with E-state index in [1.165, 1.54) is 0 Å². The number of hydrazine groups is 1. The molecule has 6 nitrogen and oxygen atoms in total.